The van der Waals surface area contributed by atoms with Gasteiger partial charge in [-0.25, -0.2) is 4.79 Å². The van der Waals surface area contributed by atoms with Gasteiger partial charge in [-0.2, -0.15) is 0 Å². The number of carboxylic acids is 1. The lowest BCUT2D eigenvalue weighted by atomic mass is 10.0. The van der Waals surface area contributed by atoms with Crippen LogP contribution in [0.3, 0.4) is 0 Å². The molecule has 2 unspecified atom stereocenters. The average Bonchev–Trinajstić information content (AvgIpc) is 3.25. The second-order valence-electron chi connectivity index (χ2n) is 17.6. The van der Waals surface area contributed by atoms with Crippen LogP contribution >= 0.6 is 0 Å². The number of nitrogens with one attached hydrogen (secondary N) is 2. The summed E-state index contributed by atoms with van der Waals surface area (Å²) in [6.07, 6.45) is 53.7. The monoisotopic (exact) mass is 861 g/mol. The number of unbranched alkanes of at least 4 members (excludes halogenated alkanes) is 29. The summed E-state index contributed by atoms with van der Waals surface area (Å²) in [4.78, 5) is 47.7. The Labute approximate surface area is 374 Å². The highest BCUT2D eigenvalue weighted by Crippen LogP contribution is 2.19. The third-order valence-corrected chi connectivity index (χ3v) is 11.7. The number of hydrogen-bond donors (Lipinski definition) is 4. The van der Waals surface area contributed by atoms with Crippen LogP contribution in [0.2, 0.25) is 0 Å². The number of carboxylic acid groups (broad SMARTS) is 1. The number of esters is 1. The molecule has 0 saturated carbocycles. The third kappa shape index (κ3) is 43.8. The number of rotatable bonds is 47. The number of hydrogen-bond acceptors (Lipinski definition) is 6. The lowest BCUT2D eigenvalue weighted by Crippen LogP contribution is -2.47. The molecule has 0 aromatic rings. The van der Waals surface area contributed by atoms with E-state index in [9.17, 15) is 19.2 Å². The van der Waals surface area contributed by atoms with Gasteiger partial charge in [-0.15, -0.1) is 0 Å². The van der Waals surface area contributed by atoms with Crippen LogP contribution in [0.5, 0.6) is 0 Å². The summed E-state index contributed by atoms with van der Waals surface area (Å²) in [5, 5.41) is 22.6. The van der Waals surface area contributed by atoms with Gasteiger partial charge >= 0.3 is 11.9 Å². The number of aliphatic hydroxyl groups excluding tert-OH is 1. The first-order chi connectivity index (χ1) is 29.8. The smallest absolute Gasteiger partial charge is 0.328 e. The van der Waals surface area contributed by atoms with Crippen molar-refractivity contribution in [2.75, 3.05) is 13.2 Å². The van der Waals surface area contributed by atoms with Crippen LogP contribution in [0.1, 0.15) is 258 Å². The van der Waals surface area contributed by atoms with Gasteiger partial charge in [-0.05, 0) is 64.2 Å². The van der Waals surface area contributed by atoms with E-state index in [0.717, 1.165) is 77.0 Å². The first-order valence-corrected chi connectivity index (χ1v) is 25.7. The SMILES string of the molecule is CCCCC/C=C\C/C=C\CCCC(CCCCCCCC(=O)NCC(=O)NC(CO)C(=O)O)OC(=O)CCCCCCCCCCCCCCCCCCCCCCCC. The fourth-order valence-electron chi connectivity index (χ4n) is 7.75. The van der Waals surface area contributed by atoms with E-state index in [-0.39, 0.29) is 30.9 Å². The fraction of sp³-hybridized carbons (Fsp3) is 0.846. The van der Waals surface area contributed by atoms with E-state index < -0.39 is 24.5 Å². The number of aliphatic carboxylic acids is 1. The van der Waals surface area contributed by atoms with E-state index in [4.69, 9.17) is 14.9 Å². The number of carbonyl (C=O) groups excluding carboxylic acids is 3. The van der Waals surface area contributed by atoms with Crippen molar-refractivity contribution in [2.24, 2.45) is 0 Å². The molecule has 2 atom stereocenters. The second-order valence-corrected chi connectivity index (χ2v) is 17.6. The van der Waals surface area contributed by atoms with Crippen molar-refractivity contribution in [2.45, 2.75) is 270 Å². The van der Waals surface area contributed by atoms with Gasteiger partial charge in [0.05, 0.1) is 13.2 Å². The number of aliphatic hydroxyl groups is 1. The van der Waals surface area contributed by atoms with Crippen LogP contribution < -0.4 is 10.6 Å². The molecule has 0 radical (unpaired) electrons. The summed E-state index contributed by atoms with van der Waals surface area (Å²) in [6, 6.07) is -1.38. The topological polar surface area (TPSA) is 142 Å². The highest BCUT2D eigenvalue weighted by molar-refractivity contribution is 5.87. The minimum atomic E-state index is -1.38. The molecule has 61 heavy (non-hydrogen) atoms. The summed E-state index contributed by atoms with van der Waals surface area (Å²) in [5.41, 5.74) is 0. The predicted molar refractivity (Wildman–Crippen MR) is 255 cm³/mol. The minimum Gasteiger partial charge on any atom is -0.480 e. The maximum atomic E-state index is 12.9. The Hall–Kier alpha value is -2.68. The Kier molecular flexibility index (Phi) is 44.8. The summed E-state index contributed by atoms with van der Waals surface area (Å²) in [7, 11) is 0. The number of allylic oxidation sites excluding steroid dienone is 4. The van der Waals surface area contributed by atoms with Gasteiger partial charge in [0, 0.05) is 12.8 Å². The first kappa shape index (κ1) is 58.3. The maximum absolute atomic E-state index is 12.9. The molecule has 0 spiro atoms. The Morgan fingerprint density at radius 1 is 0.492 bits per heavy atom. The van der Waals surface area contributed by atoms with E-state index in [0.29, 0.717) is 12.8 Å². The van der Waals surface area contributed by atoms with Gasteiger partial charge in [0.25, 0.3) is 0 Å². The molecular weight excluding hydrogens is 765 g/mol. The molecule has 0 saturated heterocycles. The normalized spacial score (nSPS) is 12.6. The lowest BCUT2D eigenvalue weighted by molar-refractivity contribution is -0.150. The number of amides is 2. The molecule has 0 aliphatic heterocycles. The van der Waals surface area contributed by atoms with Crippen molar-refractivity contribution in [3.63, 3.8) is 0 Å². The fourth-order valence-corrected chi connectivity index (χ4v) is 7.75. The molecule has 0 heterocycles. The zero-order valence-corrected chi connectivity index (χ0v) is 39.7. The largest absolute Gasteiger partial charge is 0.480 e. The van der Waals surface area contributed by atoms with Crippen molar-refractivity contribution < 1.29 is 34.1 Å². The van der Waals surface area contributed by atoms with E-state index in [1.54, 1.807) is 0 Å². The standard InChI is InChI=1S/C52H96N2O7/c1-3-5-7-9-11-13-15-16-17-18-19-20-21-22-23-24-25-27-29-31-36-40-44-51(58)61-47(41-37-33-30-28-26-14-12-10-8-6-4-2)42-38-34-32-35-39-43-49(56)53-45-50(57)54-48(46-55)52(59)60/h12,14,28,30,47-48,55H,3-11,13,15-27,29,31-46H2,1-2H3,(H,53,56)(H,54,57)(H,59,60)/b14-12-,30-28-. The van der Waals surface area contributed by atoms with Crippen LogP contribution in [0.15, 0.2) is 24.3 Å². The quantitative estimate of drug-likeness (QED) is 0.0271. The number of carbonyl (C=O) groups is 4. The van der Waals surface area contributed by atoms with Gasteiger partial charge < -0.3 is 25.6 Å². The van der Waals surface area contributed by atoms with Gasteiger partial charge in [0.1, 0.15) is 12.1 Å². The van der Waals surface area contributed by atoms with Crippen molar-refractivity contribution in [1.82, 2.24) is 10.6 Å². The second kappa shape index (κ2) is 46.8. The summed E-state index contributed by atoms with van der Waals surface area (Å²) < 4.78 is 6.03. The van der Waals surface area contributed by atoms with Crippen molar-refractivity contribution in [1.29, 1.82) is 0 Å². The van der Waals surface area contributed by atoms with E-state index in [1.165, 1.54) is 148 Å². The molecule has 2 amide bonds. The molecule has 0 rings (SSSR count). The van der Waals surface area contributed by atoms with E-state index >= 15 is 0 Å². The van der Waals surface area contributed by atoms with E-state index in [1.807, 2.05) is 0 Å². The third-order valence-electron chi connectivity index (χ3n) is 11.7. The molecular formula is C52H96N2O7. The van der Waals surface area contributed by atoms with Gasteiger partial charge in [0.15, 0.2) is 0 Å². The maximum Gasteiger partial charge on any atom is 0.328 e. The van der Waals surface area contributed by atoms with Crippen LogP contribution in [-0.2, 0) is 23.9 Å². The van der Waals surface area contributed by atoms with Crippen molar-refractivity contribution in [3.8, 4) is 0 Å². The molecule has 9 nitrogen and oxygen atoms in total. The van der Waals surface area contributed by atoms with Gasteiger partial charge in [0.2, 0.25) is 11.8 Å². The van der Waals surface area contributed by atoms with Crippen LogP contribution in [-0.4, -0.2) is 59.3 Å². The highest BCUT2D eigenvalue weighted by atomic mass is 16.5. The predicted octanol–water partition coefficient (Wildman–Crippen LogP) is 13.6. The molecule has 0 aromatic carbocycles. The summed E-state index contributed by atoms with van der Waals surface area (Å²) in [5.74, 6) is -2.31. The molecule has 0 aromatic heterocycles. The van der Waals surface area contributed by atoms with Crippen LogP contribution in [0.25, 0.3) is 0 Å². The average molecular weight is 861 g/mol. The van der Waals surface area contributed by atoms with Crippen molar-refractivity contribution >= 4 is 23.8 Å². The zero-order chi connectivity index (χ0) is 44.7. The zero-order valence-electron chi connectivity index (χ0n) is 39.7. The molecule has 0 fully saturated rings. The summed E-state index contributed by atoms with van der Waals surface area (Å²) >= 11 is 0. The summed E-state index contributed by atoms with van der Waals surface area (Å²) in [6.45, 7) is 3.48. The number of ether oxygens (including phenoxy) is 1. The Balaban J connectivity index is 4.17. The van der Waals surface area contributed by atoms with Crippen LogP contribution in [0.4, 0.5) is 0 Å². The molecule has 0 bridgehead atoms. The molecule has 356 valence electrons. The molecule has 0 aliphatic rings. The van der Waals surface area contributed by atoms with Gasteiger partial charge in [-0.3, -0.25) is 14.4 Å². The van der Waals surface area contributed by atoms with Crippen LogP contribution in [0, 0.1) is 0 Å². The molecule has 9 heteroatoms. The molecule has 4 N–H and O–H groups in total. The highest BCUT2D eigenvalue weighted by Gasteiger charge is 2.19. The minimum absolute atomic E-state index is 0.0532. The van der Waals surface area contributed by atoms with Crippen molar-refractivity contribution in [3.05, 3.63) is 24.3 Å². The lowest BCUT2D eigenvalue weighted by Gasteiger charge is -2.18. The van der Waals surface area contributed by atoms with E-state index in [2.05, 4.69) is 48.8 Å². The Morgan fingerprint density at radius 3 is 1.38 bits per heavy atom. The van der Waals surface area contributed by atoms with Gasteiger partial charge in [-0.1, -0.05) is 205 Å². The Bertz CT molecular complexity index is 1080. The first-order valence-electron chi connectivity index (χ1n) is 25.7. The molecule has 0 aliphatic carbocycles. The Morgan fingerprint density at radius 2 is 0.902 bits per heavy atom.